The molecule has 8 nitrogen and oxygen atoms in total. The Bertz CT molecular complexity index is 710. The van der Waals surface area contributed by atoms with Crippen LogP contribution in [-0.4, -0.2) is 34.7 Å². The van der Waals surface area contributed by atoms with E-state index in [1.54, 1.807) is 11.3 Å². The molecule has 102 valence electrons. The fourth-order valence-electron chi connectivity index (χ4n) is 1.49. The molecular formula is C10H9ClN8S. The Kier molecular flexibility index (Phi) is 3.52. The Hall–Kier alpha value is -2.13. The molecule has 0 aromatic carbocycles. The normalized spacial score (nSPS) is 10.7. The monoisotopic (exact) mass is 308 g/mol. The van der Waals surface area contributed by atoms with Crippen molar-refractivity contribution >= 4 is 28.9 Å². The minimum absolute atomic E-state index is 0.0912. The molecule has 3 aromatic rings. The van der Waals surface area contributed by atoms with E-state index < -0.39 is 0 Å². The lowest BCUT2D eigenvalue weighted by atomic mass is 10.5. The first-order chi connectivity index (χ1) is 9.70. The minimum atomic E-state index is 0.0912. The van der Waals surface area contributed by atoms with Gasteiger partial charge in [-0.3, -0.25) is 0 Å². The van der Waals surface area contributed by atoms with E-state index in [0.717, 1.165) is 9.88 Å². The first-order valence-electron chi connectivity index (χ1n) is 5.62. The Labute approximate surface area is 122 Å². The van der Waals surface area contributed by atoms with Crippen LogP contribution < -0.4 is 5.32 Å². The molecule has 0 aliphatic carbocycles. The third-order valence-corrected chi connectivity index (χ3v) is 3.39. The predicted molar refractivity (Wildman–Crippen MR) is 73.9 cm³/mol. The maximum absolute atomic E-state index is 5.88. The van der Waals surface area contributed by atoms with Crippen LogP contribution in [0.5, 0.6) is 0 Å². The summed E-state index contributed by atoms with van der Waals surface area (Å²) in [6.45, 7) is 2.53. The molecule has 10 heteroatoms. The van der Waals surface area contributed by atoms with Gasteiger partial charge in [0, 0.05) is 11.1 Å². The first kappa shape index (κ1) is 12.9. The highest BCUT2D eigenvalue weighted by molar-refractivity contribution is 7.11. The maximum atomic E-state index is 5.88. The molecule has 3 aromatic heterocycles. The Morgan fingerprint density at radius 3 is 2.95 bits per heavy atom. The van der Waals surface area contributed by atoms with Crippen LogP contribution >= 0.6 is 22.9 Å². The number of hydrogen-bond acceptors (Lipinski definition) is 8. The molecule has 3 rings (SSSR count). The highest BCUT2D eigenvalue weighted by Crippen LogP contribution is 2.14. The van der Waals surface area contributed by atoms with Gasteiger partial charge in [-0.15, -0.1) is 11.3 Å². The summed E-state index contributed by atoms with van der Waals surface area (Å²) >= 11 is 7.49. The van der Waals surface area contributed by atoms with Crippen LogP contribution in [0.4, 0.5) is 5.95 Å². The van der Waals surface area contributed by atoms with Crippen LogP contribution in [0.3, 0.4) is 0 Å². The highest BCUT2D eigenvalue weighted by Gasteiger charge is 2.08. The molecular weight excluding hydrogens is 300 g/mol. The lowest BCUT2D eigenvalue weighted by Crippen LogP contribution is -2.09. The molecule has 0 spiro atoms. The molecule has 0 atom stereocenters. The zero-order chi connectivity index (χ0) is 13.9. The minimum Gasteiger partial charge on any atom is -0.349 e. The van der Waals surface area contributed by atoms with Crippen molar-refractivity contribution in [2.75, 3.05) is 5.32 Å². The summed E-state index contributed by atoms with van der Waals surface area (Å²) in [7, 11) is 0. The Morgan fingerprint density at radius 2 is 2.25 bits per heavy atom. The van der Waals surface area contributed by atoms with Crippen LogP contribution in [0.2, 0.25) is 5.28 Å². The topological polar surface area (TPSA) is 94.3 Å². The van der Waals surface area contributed by atoms with Gasteiger partial charge >= 0.3 is 0 Å². The van der Waals surface area contributed by atoms with E-state index in [9.17, 15) is 0 Å². The molecule has 0 saturated heterocycles. The van der Waals surface area contributed by atoms with E-state index in [-0.39, 0.29) is 5.28 Å². The zero-order valence-electron chi connectivity index (χ0n) is 10.4. The van der Waals surface area contributed by atoms with Crippen molar-refractivity contribution in [3.63, 3.8) is 0 Å². The highest BCUT2D eigenvalue weighted by atomic mass is 35.5. The summed E-state index contributed by atoms with van der Waals surface area (Å²) in [5.74, 6) is 0.687. The number of nitrogens with one attached hydrogen (secondary N) is 1. The number of aryl methyl sites for hydroxylation is 1. The molecule has 0 unspecified atom stereocenters. The lowest BCUT2D eigenvalue weighted by Gasteiger charge is -2.05. The smallest absolute Gasteiger partial charge is 0.258 e. The average molecular weight is 309 g/mol. The second kappa shape index (κ2) is 5.47. The molecule has 3 heterocycles. The van der Waals surface area contributed by atoms with Crippen molar-refractivity contribution in [2.45, 2.75) is 13.5 Å². The van der Waals surface area contributed by atoms with Gasteiger partial charge in [0.15, 0.2) is 0 Å². The van der Waals surface area contributed by atoms with Crippen molar-refractivity contribution < 1.29 is 0 Å². The summed E-state index contributed by atoms with van der Waals surface area (Å²) < 4.78 is 1.41. The summed E-state index contributed by atoms with van der Waals surface area (Å²) in [6, 6.07) is 0. The van der Waals surface area contributed by atoms with Crippen LogP contribution in [-0.2, 0) is 6.54 Å². The molecule has 20 heavy (non-hydrogen) atoms. The van der Waals surface area contributed by atoms with Crippen LogP contribution in [0.1, 0.15) is 9.88 Å². The lowest BCUT2D eigenvalue weighted by molar-refractivity contribution is 0.793. The van der Waals surface area contributed by atoms with Crippen molar-refractivity contribution in [3.8, 4) is 5.95 Å². The van der Waals surface area contributed by atoms with E-state index in [2.05, 4.69) is 35.3 Å². The van der Waals surface area contributed by atoms with Gasteiger partial charge < -0.3 is 5.32 Å². The van der Waals surface area contributed by atoms with Gasteiger partial charge in [0.25, 0.3) is 5.95 Å². The number of hydrogen-bond donors (Lipinski definition) is 1. The van der Waals surface area contributed by atoms with Gasteiger partial charge in [0.1, 0.15) is 12.7 Å². The quantitative estimate of drug-likeness (QED) is 0.780. The number of nitrogens with zero attached hydrogens (tertiary/aromatic N) is 7. The number of thiazole rings is 1. The molecule has 0 bridgehead atoms. The van der Waals surface area contributed by atoms with E-state index >= 15 is 0 Å². The third-order valence-electron chi connectivity index (χ3n) is 2.31. The number of aromatic nitrogens is 7. The summed E-state index contributed by atoms with van der Waals surface area (Å²) in [5, 5.41) is 8.13. The van der Waals surface area contributed by atoms with Crippen molar-refractivity contribution in [1.82, 2.24) is 34.7 Å². The first-order valence-corrected chi connectivity index (χ1v) is 6.82. The Balaban J connectivity index is 1.79. The summed E-state index contributed by atoms with van der Waals surface area (Å²) in [4.78, 5) is 21.3. The second-order valence-corrected chi connectivity index (χ2v) is 5.42. The molecule has 0 amide bonds. The second-order valence-electron chi connectivity index (χ2n) is 3.77. The van der Waals surface area contributed by atoms with Crippen LogP contribution in [0.25, 0.3) is 5.95 Å². The van der Waals surface area contributed by atoms with Gasteiger partial charge in [-0.05, 0) is 18.5 Å². The number of anilines is 1. The van der Waals surface area contributed by atoms with Crippen LogP contribution in [0.15, 0.2) is 18.9 Å². The molecule has 0 aliphatic rings. The van der Waals surface area contributed by atoms with Gasteiger partial charge in [0.05, 0.1) is 11.6 Å². The molecule has 0 saturated carbocycles. The molecule has 0 fully saturated rings. The molecule has 1 N–H and O–H groups in total. The number of rotatable bonds is 4. The fourth-order valence-corrected chi connectivity index (χ4v) is 2.38. The standard InChI is InChI=1S/C10H9ClN8S/c1-6-13-2-7(20-6)3-14-9-16-8(11)17-10(18-9)19-5-12-4-15-19/h2,4-5H,3H2,1H3,(H,14,16,17,18). The van der Waals surface area contributed by atoms with Gasteiger partial charge in [-0.25, -0.2) is 9.97 Å². The van der Waals surface area contributed by atoms with Crippen molar-refractivity contribution in [3.05, 3.63) is 34.0 Å². The van der Waals surface area contributed by atoms with E-state index in [1.165, 1.54) is 17.3 Å². The zero-order valence-corrected chi connectivity index (χ0v) is 11.9. The van der Waals surface area contributed by atoms with E-state index in [0.29, 0.717) is 18.4 Å². The average Bonchev–Trinajstić information content (AvgIpc) is 3.07. The van der Waals surface area contributed by atoms with Gasteiger partial charge in [-0.2, -0.15) is 24.7 Å². The maximum Gasteiger partial charge on any atom is 0.258 e. The summed E-state index contributed by atoms with van der Waals surface area (Å²) in [5.41, 5.74) is 0. The van der Waals surface area contributed by atoms with E-state index in [4.69, 9.17) is 11.6 Å². The van der Waals surface area contributed by atoms with Crippen molar-refractivity contribution in [1.29, 1.82) is 0 Å². The van der Waals surface area contributed by atoms with E-state index in [1.807, 2.05) is 13.1 Å². The predicted octanol–water partition coefficient (Wildman–Crippen LogP) is 1.48. The van der Waals surface area contributed by atoms with Gasteiger partial charge in [0.2, 0.25) is 11.2 Å². The fraction of sp³-hybridized carbons (Fsp3) is 0.200. The van der Waals surface area contributed by atoms with Gasteiger partial charge in [-0.1, -0.05) is 0 Å². The Morgan fingerprint density at radius 1 is 1.35 bits per heavy atom. The largest absolute Gasteiger partial charge is 0.349 e. The number of halogens is 1. The molecule has 0 aliphatic heterocycles. The third kappa shape index (κ3) is 2.89. The summed E-state index contributed by atoms with van der Waals surface area (Å²) in [6.07, 6.45) is 4.70. The molecule has 0 radical (unpaired) electrons. The van der Waals surface area contributed by atoms with Crippen molar-refractivity contribution in [2.24, 2.45) is 0 Å². The van der Waals surface area contributed by atoms with Crippen LogP contribution in [0, 0.1) is 6.92 Å². The SMILES string of the molecule is Cc1ncc(CNc2nc(Cl)nc(-n3cncn3)n2)s1.